The Morgan fingerprint density at radius 2 is 2.35 bits per heavy atom. The Morgan fingerprint density at radius 1 is 1.65 bits per heavy atom. The molecule has 4 nitrogen and oxygen atoms in total. The van der Waals surface area contributed by atoms with Gasteiger partial charge in [0.25, 0.3) is 0 Å². The number of carbonyl (C=O) groups is 1. The Morgan fingerprint density at radius 3 is 2.76 bits per heavy atom. The number of carbonyl (C=O) groups excluding carboxylic acids is 1. The number of nitrogens with two attached hydrogens (primary N) is 1. The van der Waals surface area contributed by atoms with Crippen molar-refractivity contribution in [1.82, 2.24) is 5.32 Å². The van der Waals surface area contributed by atoms with Crippen molar-refractivity contribution in [2.45, 2.75) is 12.8 Å². The summed E-state index contributed by atoms with van der Waals surface area (Å²) in [6.45, 7) is 0. The van der Waals surface area contributed by atoms with Gasteiger partial charge in [0, 0.05) is 29.7 Å². The Bertz CT molecular complexity index is 393. The van der Waals surface area contributed by atoms with Crippen molar-refractivity contribution < 1.29 is 4.79 Å². The fourth-order valence-electron chi connectivity index (χ4n) is 0.985. The summed E-state index contributed by atoms with van der Waals surface area (Å²) < 4.78 is 0.969. The third kappa shape index (κ3) is 5.49. The van der Waals surface area contributed by atoms with Crippen LogP contribution in [-0.4, -0.2) is 19.2 Å². The van der Waals surface area contributed by atoms with Crippen LogP contribution >= 0.6 is 15.9 Å². The highest BCUT2D eigenvalue weighted by atomic mass is 79.9. The molecule has 0 aromatic rings. The average molecular weight is 298 g/mol. The van der Waals surface area contributed by atoms with Crippen molar-refractivity contribution in [3.05, 3.63) is 34.6 Å². The number of nitrogens with one attached hydrogen (secondary N) is 1. The van der Waals surface area contributed by atoms with E-state index in [0.29, 0.717) is 11.8 Å². The van der Waals surface area contributed by atoms with Crippen LogP contribution in [0.4, 0.5) is 0 Å². The lowest BCUT2D eigenvalue weighted by Gasteiger charge is -2.09. The minimum atomic E-state index is 0.454. The molecule has 17 heavy (non-hydrogen) atoms. The Labute approximate surface area is 109 Å². The maximum atomic E-state index is 9.57. The molecule has 0 aromatic carbocycles. The second-order valence-electron chi connectivity index (χ2n) is 3.70. The Balaban J connectivity index is 0.000000239. The van der Waals surface area contributed by atoms with Crippen LogP contribution in [0, 0.1) is 5.92 Å². The van der Waals surface area contributed by atoms with Crippen molar-refractivity contribution in [2.75, 3.05) is 7.05 Å². The minimum absolute atomic E-state index is 0.454. The summed E-state index contributed by atoms with van der Waals surface area (Å²) in [5, 5.41) is 3.04. The molecule has 0 unspecified atom stereocenters. The summed E-state index contributed by atoms with van der Waals surface area (Å²) >= 11 is 3.38. The highest BCUT2D eigenvalue weighted by molar-refractivity contribution is 9.12. The van der Waals surface area contributed by atoms with E-state index in [9.17, 15) is 4.79 Å². The third-order valence-electron chi connectivity index (χ3n) is 2.20. The highest BCUT2D eigenvalue weighted by Gasteiger charge is 2.18. The first kappa shape index (κ1) is 13.7. The van der Waals surface area contributed by atoms with Gasteiger partial charge < -0.3 is 15.8 Å². The molecule has 1 aliphatic heterocycles. The van der Waals surface area contributed by atoms with Gasteiger partial charge in [0.15, 0.2) is 0 Å². The van der Waals surface area contributed by atoms with Crippen LogP contribution < -0.4 is 11.1 Å². The molecule has 3 N–H and O–H groups in total. The molecule has 0 amide bonds. The molecule has 2 rings (SSSR count). The van der Waals surface area contributed by atoms with Crippen molar-refractivity contribution in [2.24, 2.45) is 16.6 Å². The van der Waals surface area contributed by atoms with Crippen LogP contribution in [-0.2, 0) is 4.79 Å². The smallest absolute Gasteiger partial charge is 0.123 e. The van der Waals surface area contributed by atoms with Gasteiger partial charge in [-0.2, -0.15) is 0 Å². The van der Waals surface area contributed by atoms with Gasteiger partial charge >= 0.3 is 0 Å². The molecule has 0 spiro atoms. The van der Waals surface area contributed by atoms with Crippen molar-refractivity contribution in [3.8, 4) is 0 Å². The molecule has 2 aliphatic rings. The van der Waals surface area contributed by atoms with Gasteiger partial charge in [0.2, 0.25) is 0 Å². The van der Waals surface area contributed by atoms with Crippen molar-refractivity contribution in [1.29, 1.82) is 0 Å². The van der Waals surface area contributed by atoms with Crippen LogP contribution in [0.15, 0.2) is 39.6 Å². The normalized spacial score (nSPS) is 21.2. The van der Waals surface area contributed by atoms with Gasteiger partial charge in [-0.3, -0.25) is 4.99 Å². The highest BCUT2D eigenvalue weighted by Crippen LogP contribution is 2.25. The molecule has 0 saturated heterocycles. The van der Waals surface area contributed by atoms with Crippen LogP contribution in [0.5, 0.6) is 0 Å². The predicted molar refractivity (Wildman–Crippen MR) is 73.7 cm³/mol. The monoisotopic (exact) mass is 297 g/mol. The van der Waals surface area contributed by atoms with Gasteiger partial charge in [-0.15, -0.1) is 0 Å². The number of halogens is 1. The van der Waals surface area contributed by atoms with E-state index in [-0.39, 0.29) is 0 Å². The van der Waals surface area contributed by atoms with Gasteiger partial charge in [0.1, 0.15) is 12.1 Å². The van der Waals surface area contributed by atoms with Gasteiger partial charge in [-0.1, -0.05) is 0 Å². The summed E-state index contributed by atoms with van der Waals surface area (Å²) in [6, 6.07) is 0. The number of amidine groups is 1. The first-order valence-electron chi connectivity index (χ1n) is 5.36. The maximum absolute atomic E-state index is 9.57. The van der Waals surface area contributed by atoms with E-state index >= 15 is 0 Å². The lowest BCUT2D eigenvalue weighted by atomic mass is 10.3. The molecule has 92 valence electrons. The van der Waals surface area contributed by atoms with E-state index in [1.165, 1.54) is 0 Å². The van der Waals surface area contributed by atoms with E-state index in [1.807, 2.05) is 18.4 Å². The van der Waals surface area contributed by atoms with Gasteiger partial charge in [0.05, 0.1) is 5.70 Å². The number of hydrogen-bond donors (Lipinski definition) is 2. The standard InChI is InChI=1S/C8H10BrN3.C4H6O/c1-11-8(10)5-7-6(9)3-2-4-12-7;5-3-4-1-2-4/h2-5,12H,1H3,(H2,10,11);3-4H,1-2H2/b7-5-;. The molecular formula is C12H16BrN3O. The summed E-state index contributed by atoms with van der Waals surface area (Å²) in [5.41, 5.74) is 6.44. The first-order chi connectivity index (χ1) is 8.17. The first-order valence-corrected chi connectivity index (χ1v) is 6.15. The topological polar surface area (TPSA) is 67.5 Å². The zero-order chi connectivity index (χ0) is 12.7. The van der Waals surface area contributed by atoms with E-state index < -0.39 is 0 Å². The summed E-state index contributed by atoms with van der Waals surface area (Å²) in [4.78, 5) is 13.4. The zero-order valence-electron chi connectivity index (χ0n) is 9.69. The van der Waals surface area contributed by atoms with Crippen LogP contribution in [0.3, 0.4) is 0 Å². The van der Waals surface area contributed by atoms with Crippen LogP contribution in [0.2, 0.25) is 0 Å². The van der Waals surface area contributed by atoms with E-state index in [4.69, 9.17) is 5.73 Å². The molecule has 0 bridgehead atoms. The second-order valence-corrected chi connectivity index (χ2v) is 4.55. The molecule has 0 aromatic heterocycles. The number of hydrogen-bond acceptors (Lipinski definition) is 3. The quantitative estimate of drug-likeness (QED) is 0.464. The Kier molecular flexibility index (Phi) is 5.69. The number of dihydropyridines is 1. The van der Waals surface area contributed by atoms with Gasteiger partial charge in [-0.05, 0) is 40.9 Å². The summed E-state index contributed by atoms with van der Waals surface area (Å²) in [6.07, 6.45) is 10.8. The number of allylic oxidation sites excluding steroid dienone is 3. The van der Waals surface area contributed by atoms with Crippen molar-refractivity contribution in [3.63, 3.8) is 0 Å². The lowest BCUT2D eigenvalue weighted by Crippen LogP contribution is -2.14. The van der Waals surface area contributed by atoms with Crippen molar-refractivity contribution >= 4 is 28.1 Å². The molecule has 1 saturated carbocycles. The summed E-state index contributed by atoms with van der Waals surface area (Å²) in [5.74, 6) is 0.952. The lowest BCUT2D eigenvalue weighted by molar-refractivity contribution is -0.108. The van der Waals surface area contributed by atoms with E-state index in [1.54, 1.807) is 13.1 Å². The molecular weight excluding hydrogens is 282 g/mol. The Hall–Kier alpha value is -1.36. The predicted octanol–water partition coefficient (Wildman–Crippen LogP) is 1.85. The van der Waals surface area contributed by atoms with Crippen LogP contribution in [0.25, 0.3) is 0 Å². The minimum Gasteiger partial charge on any atom is -0.384 e. The molecule has 5 heteroatoms. The average Bonchev–Trinajstić information content (AvgIpc) is 3.16. The SMILES string of the molecule is CN=C(N)/C=C1\NC=CC=C1Br.O=CC1CC1. The largest absolute Gasteiger partial charge is 0.384 e. The molecule has 1 heterocycles. The number of aliphatic imine (C=N–C) groups is 1. The third-order valence-corrected chi connectivity index (χ3v) is 2.89. The fraction of sp³-hybridized carbons (Fsp3) is 0.333. The van der Waals surface area contributed by atoms with E-state index in [0.717, 1.165) is 29.3 Å². The molecule has 0 atom stereocenters. The summed E-state index contributed by atoms with van der Waals surface area (Å²) in [7, 11) is 1.66. The van der Waals surface area contributed by atoms with Gasteiger partial charge in [-0.25, -0.2) is 0 Å². The fourth-order valence-corrected chi connectivity index (χ4v) is 1.37. The second kappa shape index (κ2) is 7.06. The van der Waals surface area contributed by atoms with E-state index in [2.05, 4.69) is 26.2 Å². The van der Waals surface area contributed by atoms with Crippen LogP contribution in [0.1, 0.15) is 12.8 Å². The molecule has 1 aliphatic carbocycles. The molecule has 1 fully saturated rings. The number of nitrogens with zero attached hydrogens (tertiary/aromatic N) is 1. The number of aldehydes is 1. The number of rotatable bonds is 2. The maximum Gasteiger partial charge on any atom is 0.123 e. The molecule has 0 radical (unpaired) electrons. The zero-order valence-corrected chi connectivity index (χ0v) is 11.3.